The van der Waals surface area contributed by atoms with Crippen LogP contribution >= 0.6 is 0 Å². The molecule has 4 aromatic carbocycles. The van der Waals surface area contributed by atoms with Gasteiger partial charge in [-0.25, -0.2) is 16.8 Å². The molecule has 10 heteroatoms. The van der Waals surface area contributed by atoms with Crippen molar-refractivity contribution in [1.82, 2.24) is 0 Å². The number of benzene rings is 4. The lowest BCUT2D eigenvalue weighted by Gasteiger charge is -2.21. The molecule has 42 heavy (non-hydrogen) atoms. The molecule has 0 heterocycles. The topological polar surface area (TPSA) is 116 Å². The summed E-state index contributed by atoms with van der Waals surface area (Å²) in [6.07, 6.45) is 1.41. The van der Waals surface area contributed by atoms with E-state index < -0.39 is 19.7 Å². The summed E-state index contributed by atoms with van der Waals surface area (Å²) in [6.45, 7) is 6.62. The summed E-state index contributed by atoms with van der Waals surface area (Å²) in [5.41, 5.74) is -0.375. The van der Waals surface area contributed by atoms with Gasteiger partial charge in [0, 0.05) is 0 Å². The highest BCUT2D eigenvalue weighted by atomic mass is 32.2. The van der Waals surface area contributed by atoms with Crippen LogP contribution in [0.2, 0.25) is 0 Å². The quantitative estimate of drug-likeness (QED) is 0.181. The summed E-state index contributed by atoms with van der Waals surface area (Å²) >= 11 is 0. The number of rotatable bonds is 12. The SMILES string of the molecule is CC(C)(C)Oc1ccc(S(=O)(=O)c2ccc(OCCCCOc3ccc(S(=O)(=O)c4ccc(O)cc4)cc3)cc2)cc1. The van der Waals surface area contributed by atoms with E-state index in [0.717, 1.165) is 0 Å². The molecule has 0 atom stereocenters. The van der Waals surface area contributed by atoms with E-state index >= 15 is 0 Å². The van der Waals surface area contributed by atoms with E-state index in [4.69, 9.17) is 14.2 Å². The number of sulfone groups is 2. The van der Waals surface area contributed by atoms with Crippen LogP contribution in [0.3, 0.4) is 0 Å². The fraction of sp³-hybridized carbons (Fsp3) is 0.250. The molecular formula is C32H34O8S2. The van der Waals surface area contributed by atoms with Gasteiger partial charge in [0.1, 0.15) is 28.6 Å². The van der Waals surface area contributed by atoms with E-state index in [2.05, 4.69) is 0 Å². The minimum absolute atomic E-state index is 0.00284. The second-order valence-electron chi connectivity index (χ2n) is 10.5. The summed E-state index contributed by atoms with van der Waals surface area (Å²) in [7, 11) is -7.36. The molecule has 0 spiro atoms. The largest absolute Gasteiger partial charge is 0.508 e. The Bertz CT molecular complexity index is 1670. The summed E-state index contributed by atoms with van der Waals surface area (Å²) in [4.78, 5) is 0.596. The van der Waals surface area contributed by atoms with Crippen molar-refractivity contribution in [3.8, 4) is 23.0 Å². The van der Waals surface area contributed by atoms with Crippen LogP contribution in [0.15, 0.2) is 117 Å². The molecule has 222 valence electrons. The van der Waals surface area contributed by atoms with Gasteiger partial charge in [-0.15, -0.1) is 0 Å². The maximum absolute atomic E-state index is 13.0. The van der Waals surface area contributed by atoms with Crippen molar-refractivity contribution >= 4 is 19.7 Å². The van der Waals surface area contributed by atoms with Gasteiger partial charge < -0.3 is 19.3 Å². The predicted octanol–water partition coefficient (Wildman–Crippen LogP) is 6.47. The first kappa shape index (κ1) is 30.9. The monoisotopic (exact) mass is 610 g/mol. The molecule has 4 rings (SSSR count). The van der Waals surface area contributed by atoms with Crippen LogP contribution in [-0.4, -0.2) is 40.8 Å². The second-order valence-corrected chi connectivity index (χ2v) is 14.4. The molecule has 8 nitrogen and oxygen atoms in total. The van der Waals surface area contributed by atoms with Crippen molar-refractivity contribution in [3.05, 3.63) is 97.1 Å². The maximum Gasteiger partial charge on any atom is 0.206 e. The van der Waals surface area contributed by atoms with E-state index in [1.54, 1.807) is 36.4 Å². The predicted molar refractivity (Wildman–Crippen MR) is 159 cm³/mol. The number of hydrogen-bond acceptors (Lipinski definition) is 8. The van der Waals surface area contributed by atoms with Gasteiger partial charge in [-0.05, 0) is 131 Å². The van der Waals surface area contributed by atoms with Crippen molar-refractivity contribution in [2.45, 2.75) is 58.8 Å². The molecule has 1 N–H and O–H groups in total. The molecule has 0 bridgehead atoms. The average Bonchev–Trinajstić information content (AvgIpc) is 2.95. The molecule has 0 aliphatic heterocycles. The molecule has 0 aromatic heterocycles. The van der Waals surface area contributed by atoms with Gasteiger partial charge in [-0.3, -0.25) is 0 Å². The van der Waals surface area contributed by atoms with E-state index in [-0.39, 0.29) is 30.9 Å². The Balaban J connectivity index is 1.21. The third-order valence-corrected chi connectivity index (χ3v) is 9.62. The van der Waals surface area contributed by atoms with Crippen LogP contribution in [0.4, 0.5) is 0 Å². The standard InChI is InChI=1S/C32H34O8S2/c1-32(2,3)40-27-12-20-31(21-13-27)42(36,37)30-18-10-26(11-19-30)39-23-5-4-22-38-25-8-16-29(17-9-25)41(34,35)28-14-6-24(33)7-15-28/h6-21,33H,4-5,22-23H2,1-3H3. The third-order valence-electron chi connectivity index (χ3n) is 6.05. The lowest BCUT2D eigenvalue weighted by atomic mass is 10.2. The molecule has 0 amide bonds. The van der Waals surface area contributed by atoms with Crippen molar-refractivity contribution in [2.24, 2.45) is 0 Å². The van der Waals surface area contributed by atoms with E-state index in [0.29, 0.717) is 43.3 Å². The van der Waals surface area contributed by atoms with Crippen LogP contribution in [0.25, 0.3) is 0 Å². The first-order valence-electron chi connectivity index (χ1n) is 13.4. The first-order chi connectivity index (χ1) is 19.8. The summed E-state index contributed by atoms with van der Waals surface area (Å²) < 4.78 is 68.7. The highest BCUT2D eigenvalue weighted by Crippen LogP contribution is 2.27. The molecule has 0 radical (unpaired) electrons. The summed E-state index contributed by atoms with van der Waals surface area (Å²) in [5, 5.41) is 9.38. The molecular weight excluding hydrogens is 576 g/mol. The number of phenolic OH excluding ortho intramolecular Hbond substituents is 1. The Morgan fingerprint density at radius 2 is 0.833 bits per heavy atom. The molecule has 0 aliphatic carbocycles. The molecule has 0 saturated carbocycles. The highest BCUT2D eigenvalue weighted by molar-refractivity contribution is 7.91. The fourth-order valence-electron chi connectivity index (χ4n) is 3.95. The van der Waals surface area contributed by atoms with Crippen LogP contribution in [0.1, 0.15) is 33.6 Å². The third kappa shape index (κ3) is 8.04. The number of unbranched alkanes of at least 4 members (excludes halogenated alkanes) is 1. The number of aromatic hydroxyl groups is 1. The van der Waals surface area contributed by atoms with Gasteiger partial charge in [0.25, 0.3) is 0 Å². The fourth-order valence-corrected chi connectivity index (χ4v) is 6.47. The van der Waals surface area contributed by atoms with Gasteiger partial charge in [0.2, 0.25) is 19.7 Å². The van der Waals surface area contributed by atoms with Gasteiger partial charge in [0.15, 0.2) is 0 Å². The molecule has 0 unspecified atom stereocenters. The van der Waals surface area contributed by atoms with Gasteiger partial charge in [-0.1, -0.05) is 0 Å². The smallest absolute Gasteiger partial charge is 0.206 e. The van der Waals surface area contributed by atoms with Crippen LogP contribution in [0, 0.1) is 0 Å². The Kier molecular flexibility index (Phi) is 9.48. The minimum atomic E-state index is -3.69. The number of ether oxygens (including phenoxy) is 3. The second kappa shape index (κ2) is 12.9. The molecule has 0 aliphatic rings. The van der Waals surface area contributed by atoms with E-state index in [1.165, 1.54) is 60.7 Å². The average molecular weight is 611 g/mol. The normalized spacial score (nSPS) is 12.1. The first-order valence-corrected chi connectivity index (χ1v) is 16.4. The van der Waals surface area contributed by atoms with Crippen molar-refractivity contribution < 1.29 is 36.2 Å². The van der Waals surface area contributed by atoms with Gasteiger partial charge >= 0.3 is 0 Å². The number of hydrogen-bond donors (Lipinski definition) is 1. The van der Waals surface area contributed by atoms with Crippen LogP contribution in [0.5, 0.6) is 23.0 Å². The molecule has 0 fully saturated rings. The van der Waals surface area contributed by atoms with Crippen molar-refractivity contribution in [2.75, 3.05) is 13.2 Å². The zero-order chi connectivity index (χ0) is 30.4. The summed E-state index contributed by atoms with van der Waals surface area (Å²) in [6, 6.07) is 24.3. The van der Waals surface area contributed by atoms with Gasteiger partial charge in [0.05, 0.1) is 32.8 Å². The lowest BCUT2D eigenvalue weighted by molar-refractivity contribution is 0.131. The van der Waals surface area contributed by atoms with Crippen LogP contribution in [-0.2, 0) is 19.7 Å². The van der Waals surface area contributed by atoms with Crippen LogP contribution < -0.4 is 14.2 Å². The van der Waals surface area contributed by atoms with Crippen molar-refractivity contribution in [1.29, 1.82) is 0 Å². The Morgan fingerprint density at radius 3 is 1.17 bits per heavy atom. The Hall–Kier alpha value is -4.02. The Labute approximate surface area is 247 Å². The zero-order valence-corrected chi connectivity index (χ0v) is 25.3. The minimum Gasteiger partial charge on any atom is -0.508 e. The molecule has 4 aromatic rings. The van der Waals surface area contributed by atoms with Crippen molar-refractivity contribution in [3.63, 3.8) is 0 Å². The highest BCUT2D eigenvalue weighted by Gasteiger charge is 2.19. The molecule has 0 saturated heterocycles. The van der Waals surface area contributed by atoms with Gasteiger partial charge in [-0.2, -0.15) is 0 Å². The lowest BCUT2D eigenvalue weighted by Crippen LogP contribution is -2.22. The maximum atomic E-state index is 13.0. The van der Waals surface area contributed by atoms with E-state index in [1.807, 2.05) is 20.8 Å². The summed E-state index contributed by atoms with van der Waals surface area (Å²) in [5.74, 6) is 1.71. The zero-order valence-electron chi connectivity index (χ0n) is 23.7. The Morgan fingerprint density at radius 1 is 0.524 bits per heavy atom. The van der Waals surface area contributed by atoms with E-state index in [9.17, 15) is 21.9 Å². The number of phenols is 1.